The summed E-state index contributed by atoms with van der Waals surface area (Å²) in [5, 5.41) is 2.98. The van der Waals surface area contributed by atoms with Crippen molar-refractivity contribution < 1.29 is 14.3 Å². The Morgan fingerprint density at radius 1 is 1.25 bits per heavy atom. The van der Waals surface area contributed by atoms with Crippen molar-refractivity contribution in [2.24, 2.45) is 5.92 Å². The quantitative estimate of drug-likeness (QED) is 0.869. The number of para-hydroxylation sites is 1. The molecule has 0 heterocycles. The van der Waals surface area contributed by atoms with Gasteiger partial charge in [0.05, 0.1) is 14.2 Å². The zero-order chi connectivity index (χ0) is 14.4. The van der Waals surface area contributed by atoms with Crippen LogP contribution in [0.4, 0.5) is 0 Å². The first-order valence-corrected chi connectivity index (χ1v) is 7.21. The van der Waals surface area contributed by atoms with E-state index in [9.17, 15) is 4.79 Å². The highest BCUT2D eigenvalue weighted by Crippen LogP contribution is 2.31. The molecule has 2 rings (SSSR count). The summed E-state index contributed by atoms with van der Waals surface area (Å²) >= 11 is 0. The van der Waals surface area contributed by atoms with Gasteiger partial charge in [-0.05, 0) is 24.8 Å². The molecule has 1 aromatic carbocycles. The summed E-state index contributed by atoms with van der Waals surface area (Å²) < 4.78 is 10.6. The lowest BCUT2D eigenvalue weighted by Gasteiger charge is -2.14. The number of ether oxygens (including phenoxy) is 2. The van der Waals surface area contributed by atoms with E-state index in [4.69, 9.17) is 9.47 Å². The summed E-state index contributed by atoms with van der Waals surface area (Å²) in [5.41, 5.74) is 0.937. The molecular weight excluding hydrogens is 254 g/mol. The zero-order valence-electron chi connectivity index (χ0n) is 12.3. The van der Waals surface area contributed by atoms with Gasteiger partial charge in [0.25, 0.3) is 0 Å². The molecule has 1 fully saturated rings. The molecule has 0 radical (unpaired) electrons. The van der Waals surface area contributed by atoms with Crippen molar-refractivity contribution in [3.63, 3.8) is 0 Å². The molecule has 1 aromatic rings. The van der Waals surface area contributed by atoms with Gasteiger partial charge in [-0.15, -0.1) is 0 Å². The second kappa shape index (κ2) is 7.17. The van der Waals surface area contributed by atoms with E-state index in [0.717, 1.165) is 5.56 Å². The Bertz CT molecular complexity index is 453. The number of nitrogens with one attached hydrogen (secondary N) is 1. The molecule has 1 aliphatic carbocycles. The van der Waals surface area contributed by atoms with Crippen molar-refractivity contribution >= 4 is 5.91 Å². The van der Waals surface area contributed by atoms with Crippen molar-refractivity contribution in [2.45, 2.75) is 38.6 Å². The van der Waals surface area contributed by atoms with Gasteiger partial charge in [0.2, 0.25) is 5.91 Å². The Morgan fingerprint density at radius 2 is 2.00 bits per heavy atom. The largest absolute Gasteiger partial charge is 0.493 e. The molecule has 110 valence electrons. The Hall–Kier alpha value is -1.71. The Morgan fingerprint density at radius 3 is 2.65 bits per heavy atom. The van der Waals surface area contributed by atoms with Crippen molar-refractivity contribution in [1.82, 2.24) is 5.32 Å². The van der Waals surface area contributed by atoms with Crippen LogP contribution < -0.4 is 14.8 Å². The minimum atomic E-state index is 0.127. The SMILES string of the molecule is COc1cccc(CNC(=O)CC2CCCC2)c1OC. The van der Waals surface area contributed by atoms with Crippen LogP contribution in [-0.4, -0.2) is 20.1 Å². The van der Waals surface area contributed by atoms with E-state index in [0.29, 0.717) is 30.4 Å². The highest BCUT2D eigenvalue weighted by Gasteiger charge is 2.18. The van der Waals surface area contributed by atoms with Gasteiger partial charge in [-0.25, -0.2) is 0 Å². The van der Waals surface area contributed by atoms with Crippen LogP contribution in [0.5, 0.6) is 11.5 Å². The molecule has 1 amide bonds. The number of methoxy groups -OCH3 is 2. The number of carbonyl (C=O) groups is 1. The molecule has 4 heteroatoms. The van der Waals surface area contributed by atoms with Crippen LogP contribution in [0.2, 0.25) is 0 Å². The molecule has 0 aliphatic heterocycles. The number of rotatable bonds is 6. The number of hydrogen-bond donors (Lipinski definition) is 1. The second-order valence-corrected chi connectivity index (χ2v) is 5.28. The van der Waals surface area contributed by atoms with Crippen LogP contribution in [0.25, 0.3) is 0 Å². The van der Waals surface area contributed by atoms with Crippen LogP contribution in [-0.2, 0) is 11.3 Å². The Kier molecular flexibility index (Phi) is 5.27. The standard InChI is InChI=1S/C16H23NO3/c1-19-14-9-5-8-13(16(14)20-2)11-17-15(18)10-12-6-3-4-7-12/h5,8-9,12H,3-4,6-7,10-11H2,1-2H3,(H,17,18). The molecule has 1 aliphatic rings. The van der Waals surface area contributed by atoms with Crippen molar-refractivity contribution in [3.8, 4) is 11.5 Å². The molecule has 20 heavy (non-hydrogen) atoms. The van der Waals surface area contributed by atoms with Gasteiger partial charge in [0.15, 0.2) is 11.5 Å². The van der Waals surface area contributed by atoms with Crippen LogP contribution in [0.15, 0.2) is 18.2 Å². The van der Waals surface area contributed by atoms with Crippen LogP contribution in [0, 0.1) is 5.92 Å². The van der Waals surface area contributed by atoms with Gasteiger partial charge < -0.3 is 14.8 Å². The van der Waals surface area contributed by atoms with Crippen molar-refractivity contribution in [3.05, 3.63) is 23.8 Å². The van der Waals surface area contributed by atoms with Gasteiger partial charge in [-0.1, -0.05) is 25.0 Å². The lowest BCUT2D eigenvalue weighted by Crippen LogP contribution is -2.24. The molecule has 4 nitrogen and oxygen atoms in total. The summed E-state index contributed by atoms with van der Waals surface area (Å²) in [7, 11) is 3.22. The molecule has 0 spiro atoms. The van der Waals surface area contributed by atoms with E-state index >= 15 is 0 Å². The third-order valence-electron chi connectivity index (χ3n) is 3.91. The maximum atomic E-state index is 11.9. The summed E-state index contributed by atoms with van der Waals surface area (Å²) in [6.45, 7) is 0.478. The van der Waals surface area contributed by atoms with Crippen LogP contribution in [0.1, 0.15) is 37.7 Å². The minimum Gasteiger partial charge on any atom is -0.493 e. The third-order valence-corrected chi connectivity index (χ3v) is 3.91. The topological polar surface area (TPSA) is 47.6 Å². The predicted molar refractivity (Wildman–Crippen MR) is 78.0 cm³/mol. The van der Waals surface area contributed by atoms with E-state index in [-0.39, 0.29) is 5.91 Å². The lowest BCUT2D eigenvalue weighted by atomic mass is 10.0. The first kappa shape index (κ1) is 14.7. The first-order valence-electron chi connectivity index (χ1n) is 7.21. The van der Waals surface area contributed by atoms with E-state index < -0.39 is 0 Å². The van der Waals surface area contributed by atoms with Crippen molar-refractivity contribution in [1.29, 1.82) is 0 Å². The van der Waals surface area contributed by atoms with Crippen LogP contribution in [0.3, 0.4) is 0 Å². The number of hydrogen-bond acceptors (Lipinski definition) is 3. The van der Waals surface area contributed by atoms with E-state index in [2.05, 4.69) is 5.32 Å². The molecule has 1 N–H and O–H groups in total. The lowest BCUT2D eigenvalue weighted by molar-refractivity contribution is -0.122. The fourth-order valence-electron chi connectivity index (χ4n) is 2.84. The van der Waals surface area contributed by atoms with Gasteiger partial charge in [-0.3, -0.25) is 4.79 Å². The van der Waals surface area contributed by atoms with E-state index in [1.165, 1.54) is 25.7 Å². The van der Waals surface area contributed by atoms with Gasteiger partial charge in [-0.2, -0.15) is 0 Å². The normalized spacial score (nSPS) is 15.1. The van der Waals surface area contributed by atoms with Gasteiger partial charge >= 0.3 is 0 Å². The summed E-state index contributed by atoms with van der Waals surface area (Å²) in [6.07, 6.45) is 5.56. The monoisotopic (exact) mass is 277 g/mol. The zero-order valence-corrected chi connectivity index (χ0v) is 12.3. The number of carbonyl (C=O) groups excluding carboxylic acids is 1. The van der Waals surface area contributed by atoms with Gasteiger partial charge in [0, 0.05) is 18.5 Å². The second-order valence-electron chi connectivity index (χ2n) is 5.28. The molecular formula is C16H23NO3. The molecule has 1 saturated carbocycles. The minimum absolute atomic E-state index is 0.127. The predicted octanol–water partition coefficient (Wildman–Crippen LogP) is 2.90. The van der Waals surface area contributed by atoms with Crippen molar-refractivity contribution in [2.75, 3.05) is 14.2 Å². The molecule has 0 saturated heterocycles. The average molecular weight is 277 g/mol. The Labute approximate surface area is 120 Å². The smallest absolute Gasteiger partial charge is 0.220 e. The summed E-state index contributed by atoms with van der Waals surface area (Å²) in [5.74, 6) is 2.08. The molecule has 0 aromatic heterocycles. The van der Waals surface area contributed by atoms with Crippen LogP contribution >= 0.6 is 0 Å². The number of amides is 1. The summed E-state index contributed by atoms with van der Waals surface area (Å²) in [6, 6.07) is 5.69. The number of benzene rings is 1. The van der Waals surface area contributed by atoms with E-state index in [1.807, 2.05) is 18.2 Å². The molecule has 0 atom stereocenters. The fourth-order valence-corrected chi connectivity index (χ4v) is 2.84. The molecule has 0 unspecified atom stereocenters. The van der Waals surface area contributed by atoms with E-state index in [1.54, 1.807) is 14.2 Å². The first-order chi connectivity index (χ1) is 9.74. The maximum absolute atomic E-state index is 11.9. The maximum Gasteiger partial charge on any atom is 0.220 e. The fraction of sp³-hybridized carbons (Fsp3) is 0.562. The Balaban J connectivity index is 1.91. The third kappa shape index (κ3) is 3.65. The average Bonchev–Trinajstić information content (AvgIpc) is 2.97. The van der Waals surface area contributed by atoms with Gasteiger partial charge in [0.1, 0.15) is 0 Å². The molecule has 0 bridgehead atoms. The highest BCUT2D eigenvalue weighted by molar-refractivity contribution is 5.76. The highest BCUT2D eigenvalue weighted by atomic mass is 16.5. The summed E-state index contributed by atoms with van der Waals surface area (Å²) in [4.78, 5) is 11.9.